The van der Waals surface area contributed by atoms with E-state index >= 15 is 0 Å². The molecule has 2 aliphatic heterocycles. The summed E-state index contributed by atoms with van der Waals surface area (Å²) in [5.74, 6) is 2.21. The molecule has 98 valence electrons. The smallest absolute Gasteiger partial charge is 0.0718 e. The average Bonchev–Trinajstić information content (AvgIpc) is 2.81. The predicted molar refractivity (Wildman–Crippen MR) is 66.8 cm³/mol. The van der Waals surface area contributed by atoms with Gasteiger partial charge in [0.15, 0.2) is 0 Å². The summed E-state index contributed by atoms with van der Waals surface area (Å²) in [5.41, 5.74) is 0. The van der Waals surface area contributed by atoms with Crippen molar-refractivity contribution >= 4 is 0 Å². The van der Waals surface area contributed by atoms with Crippen molar-refractivity contribution < 1.29 is 9.84 Å². The predicted octanol–water partition coefficient (Wildman–Crippen LogP) is 1.51. The maximum atomic E-state index is 10.2. The van der Waals surface area contributed by atoms with Crippen molar-refractivity contribution in [3.05, 3.63) is 0 Å². The summed E-state index contributed by atoms with van der Waals surface area (Å²) >= 11 is 0. The third-order valence-electron chi connectivity index (χ3n) is 4.88. The third-order valence-corrected chi connectivity index (χ3v) is 4.88. The molecule has 3 nitrogen and oxygen atoms in total. The summed E-state index contributed by atoms with van der Waals surface area (Å²) in [4.78, 5) is 2.51. The number of piperidine rings is 1. The van der Waals surface area contributed by atoms with E-state index in [1.807, 2.05) is 0 Å². The van der Waals surface area contributed by atoms with Crippen LogP contribution in [0.25, 0.3) is 0 Å². The molecule has 0 aromatic heterocycles. The minimum atomic E-state index is -0.170. The van der Waals surface area contributed by atoms with Crippen molar-refractivity contribution in [2.24, 2.45) is 17.8 Å². The van der Waals surface area contributed by atoms with Gasteiger partial charge in [0.1, 0.15) is 0 Å². The summed E-state index contributed by atoms with van der Waals surface area (Å²) in [6, 6.07) is 0. The van der Waals surface area contributed by atoms with Crippen molar-refractivity contribution in [2.75, 3.05) is 32.8 Å². The zero-order chi connectivity index (χ0) is 11.7. The molecule has 0 amide bonds. The van der Waals surface area contributed by atoms with Crippen LogP contribution in [0.4, 0.5) is 0 Å². The van der Waals surface area contributed by atoms with E-state index < -0.39 is 0 Å². The number of rotatable bonds is 3. The molecule has 0 spiro atoms. The SMILES string of the molecule is OC(CN1CC2CCCC(C2)C1)C1CCOC1. The number of ether oxygens (including phenoxy) is 1. The van der Waals surface area contributed by atoms with Gasteiger partial charge in [-0.1, -0.05) is 6.42 Å². The Morgan fingerprint density at radius 3 is 2.59 bits per heavy atom. The topological polar surface area (TPSA) is 32.7 Å². The molecule has 3 fully saturated rings. The summed E-state index contributed by atoms with van der Waals surface area (Å²) in [6.07, 6.45) is 6.57. The first-order valence-electron chi connectivity index (χ1n) is 7.29. The highest BCUT2D eigenvalue weighted by atomic mass is 16.5. The van der Waals surface area contributed by atoms with Crippen LogP contribution in [0, 0.1) is 17.8 Å². The lowest BCUT2D eigenvalue weighted by Crippen LogP contribution is -2.47. The Kier molecular flexibility index (Phi) is 3.69. The molecule has 17 heavy (non-hydrogen) atoms. The van der Waals surface area contributed by atoms with Gasteiger partial charge in [0.25, 0.3) is 0 Å². The van der Waals surface area contributed by atoms with Crippen molar-refractivity contribution in [1.82, 2.24) is 4.90 Å². The molecule has 1 aliphatic carbocycles. The quantitative estimate of drug-likeness (QED) is 0.810. The lowest BCUT2D eigenvalue weighted by atomic mass is 9.78. The minimum absolute atomic E-state index is 0.170. The van der Waals surface area contributed by atoms with Gasteiger partial charge in [-0.05, 0) is 37.5 Å². The van der Waals surface area contributed by atoms with Gasteiger partial charge in [0.05, 0.1) is 12.7 Å². The molecule has 2 heterocycles. The van der Waals surface area contributed by atoms with Crippen LogP contribution in [0.15, 0.2) is 0 Å². The Labute approximate surface area is 104 Å². The number of aliphatic hydroxyl groups excluding tert-OH is 1. The number of aliphatic hydroxyl groups is 1. The highest BCUT2D eigenvalue weighted by Gasteiger charge is 2.33. The first-order valence-corrected chi connectivity index (χ1v) is 7.29. The molecule has 4 unspecified atom stereocenters. The molecular formula is C14H25NO2. The van der Waals surface area contributed by atoms with Gasteiger partial charge in [-0.2, -0.15) is 0 Å². The normalized spacial score (nSPS) is 40.4. The molecule has 0 radical (unpaired) electrons. The average molecular weight is 239 g/mol. The molecule has 4 atom stereocenters. The van der Waals surface area contributed by atoms with E-state index in [1.165, 1.54) is 38.8 Å². The van der Waals surface area contributed by atoms with E-state index in [1.54, 1.807) is 0 Å². The Morgan fingerprint density at radius 2 is 1.94 bits per heavy atom. The lowest BCUT2D eigenvalue weighted by Gasteiger charge is -2.42. The van der Waals surface area contributed by atoms with E-state index in [0.29, 0.717) is 5.92 Å². The zero-order valence-electron chi connectivity index (χ0n) is 10.7. The highest BCUT2D eigenvalue weighted by Crippen LogP contribution is 2.34. The fourth-order valence-electron chi connectivity index (χ4n) is 3.96. The largest absolute Gasteiger partial charge is 0.391 e. The number of β-amino-alcohol motifs (C(OH)–C–C–N with tert-alkyl or cyclic N) is 1. The monoisotopic (exact) mass is 239 g/mol. The number of hydrogen-bond acceptors (Lipinski definition) is 3. The molecule has 0 aromatic carbocycles. The molecule has 2 saturated heterocycles. The fraction of sp³-hybridized carbons (Fsp3) is 1.00. The van der Waals surface area contributed by atoms with Gasteiger partial charge in [0, 0.05) is 32.2 Å². The van der Waals surface area contributed by atoms with Gasteiger partial charge in [-0.3, -0.25) is 0 Å². The number of fused-ring (bicyclic) bond motifs is 2. The first kappa shape index (κ1) is 11.9. The van der Waals surface area contributed by atoms with Gasteiger partial charge in [-0.15, -0.1) is 0 Å². The second kappa shape index (κ2) is 5.25. The van der Waals surface area contributed by atoms with Crippen LogP contribution in [-0.2, 0) is 4.74 Å². The molecule has 2 bridgehead atoms. The van der Waals surface area contributed by atoms with Crippen LogP contribution in [0.3, 0.4) is 0 Å². The van der Waals surface area contributed by atoms with Crippen LogP contribution < -0.4 is 0 Å². The second-order valence-electron chi connectivity index (χ2n) is 6.31. The van der Waals surface area contributed by atoms with E-state index in [2.05, 4.69) is 4.90 Å². The highest BCUT2D eigenvalue weighted by molar-refractivity contribution is 4.85. The summed E-state index contributed by atoms with van der Waals surface area (Å²) in [7, 11) is 0. The molecule has 3 heteroatoms. The van der Waals surface area contributed by atoms with Crippen molar-refractivity contribution in [3.63, 3.8) is 0 Å². The first-order chi connectivity index (χ1) is 8.31. The van der Waals surface area contributed by atoms with Crippen molar-refractivity contribution in [2.45, 2.75) is 38.2 Å². The van der Waals surface area contributed by atoms with Crippen molar-refractivity contribution in [1.29, 1.82) is 0 Å². The van der Waals surface area contributed by atoms with Gasteiger partial charge in [0.2, 0.25) is 0 Å². The standard InChI is InChI=1S/C14H25NO2/c16-14(13-4-5-17-10-13)9-15-7-11-2-1-3-12(6-11)8-15/h11-14,16H,1-10H2. The van der Waals surface area contributed by atoms with Crippen LogP contribution in [0.5, 0.6) is 0 Å². The molecule has 1 N–H and O–H groups in total. The van der Waals surface area contributed by atoms with Crippen LogP contribution in [0.1, 0.15) is 32.1 Å². The Morgan fingerprint density at radius 1 is 1.18 bits per heavy atom. The molecule has 3 rings (SSSR count). The van der Waals surface area contributed by atoms with E-state index in [0.717, 1.165) is 38.0 Å². The van der Waals surface area contributed by atoms with Gasteiger partial charge >= 0.3 is 0 Å². The number of nitrogens with zero attached hydrogens (tertiary/aromatic N) is 1. The third kappa shape index (κ3) is 2.83. The molecular weight excluding hydrogens is 214 g/mol. The Bertz CT molecular complexity index is 241. The minimum Gasteiger partial charge on any atom is -0.391 e. The molecule has 0 aromatic rings. The van der Waals surface area contributed by atoms with E-state index in [-0.39, 0.29) is 6.10 Å². The summed E-state index contributed by atoms with van der Waals surface area (Å²) in [5, 5.41) is 10.2. The van der Waals surface area contributed by atoms with E-state index in [9.17, 15) is 5.11 Å². The summed E-state index contributed by atoms with van der Waals surface area (Å²) < 4.78 is 5.36. The maximum absolute atomic E-state index is 10.2. The Balaban J connectivity index is 1.51. The van der Waals surface area contributed by atoms with Crippen LogP contribution >= 0.6 is 0 Å². The fourth-order valence-corrected chi connectivity index (χ4v) is 3.96. The second-order valence-corrected chi connectivity index (χ2v) is 6.31. The van der Waals surface area contributed by atoms with Crippen LogP contribution in [-0.4, -0.2) is 49.0 Å². The zero-order valence-corrected chi connectivity index (χ0v) is 10.7. The van der Waals surface area contributed by atoms with E-state index in [4.69, 9.17) is 4.74 Å². The van der Waals surface area contributed by atoms with Crippen LogP contribution in [0.2, 0.25) is 0 Å². The summed E-state index contributed by atoms with van der Waals surface area (Å²) in [6.45, 7) is 4.93. The lowest BCUT2D eigenvalue weighted by molar-refractivity contribution is 0.0173. The number of hydrogen-bond donors (Lipinski definition) is 1. The molecule has 1 saturated carbocycles. The van der Waals surface area contributed by atoms with Crippen molar-refractivity contribution in [3.8, 4) is 0 Å². The number of likely N-dealkylation sites (tertiary alicyclic amines) is 1. The van der Waals surface area contributed by atoms with Gasteiger partial charge in [-0.25, -0.2) is 0 Å². The van der Waals surface area contributed by atoms with Gasteiger partial charge < -0.3 is 14.7 Å². The molecule has 3 aliphatic rings. The maximum Gasteiger partial charge on any atom is 0.0718 e. The Hall–Kier alpha value is -0.120.